The molecule has 106 valence electrons. The largest absolute Gasteiger partial charge is 0.390 e. The van der Waals surface area contributed by atoms with Crippen LogP contribution in [0.3, 0.4) is 0 Å². The van der Waals surface area contributed by atoms with Crippen LogP contribution in [0.2, 0.25) is 0 Å². The third-order valence-electron chi connectivity index (χ3n) is 3.56. The molecule has 0 aliphatic carbocycles. The fourth-order valence-corrected chi connectivity index (χ4v) is 2.36. The van der Waals surface area contributed by atoms with Crippen LogP contribution in [0.25, 0.3) is 0 Å². The molecule has 0 aliphatic rings. The van der Waals surface area contributed by atoms with Crippen molar-refractivity contribution in [1.29, 1.82) is 0 Å². The zero-order chi connectivity index (χ0) is 14.2. The Hall–Kier alpha value is -1.64. The number of aliphatic hydroxyl groups excluding tert-OH is 2. The molecule has 0 aromatic heterocycles. The molecule has 0 saturated carbocycles. The van der Waals surface area contributed by atoms with Crippen LogP contribution >= 0.6 is 0 Å². The summed E-state index contributed by atoms with van der Waals surface area (Å²) in [6.07, 6.45) is 2.13. The standard InChI is InChI=1S/C18H22O2/c19-17(18(20)16-12-5-2-6-13-16)14-8-7-11-15-9-3-1-4-10-15/h1-6,9-10,12-13,17-20H,7-8,11,14H2. The molecule has 0 amide bonds. The summed E-state index contributed by atoms with van der Waals surface area (Å²) in [7, 11) is 0. The lowest BCUT2D eigenvalue weighted by molar-refractivity contribution is 0.0121. The monoisotopic (exact) mass is 270 g/mol. The Balaban J connectivity index is 1.71. The van der Waals surface area contributed by atoms with Gasteiger partial charge in [-0.3, -0.25) is 0 Å². The van der Waals surface area contributed by atoms with E-state index in [2.05, 4.69) is 12.1 Å². The third-order valence-corrected chi connectivity index (χ3v) is 3.56. The van der Waals surface area contributed by atoms with E-state index >= 15 is 0 Å². The Kier molecular flexibility index (Phi) is 5.78. The Labute approximate surface area is 120 Å². The lowest BCUT2D eigenvalue weighted by atomic mass is 9.99. The normalized spacial score (nSPS) is 13.9. The van der Waals surface area contributed by atoms with E-state index in [-0.39, 0.29) is 0 Å². The number of hydrogen-bond donors (Lipinski definition) is 2. The van der Waals surface area contributed by atoms with Gasteiger partial charge in [-0.15, -0.1) is 0 Å². The quantitative estimate of drug-likeness (QED) is 0.756. The maximum atomic E-state index is 10.1. The number of aliphatic hydroxyl groups is 2. The van der Waals surface area contributed by atoms with Crippen LogP contribution in [0, 0.1) is 0 Å². The molecule has 2 aromatic rings. The average Bonchev–Trinajstić information content (AvgIpc) is 2.52. The molecular formula is C18H22O2. The minimum absolute atomic E-state index is 0.628. The third kappa shape index (κ3) is 4.48. The van der Waals surface area contributed by atoms with Gasteiger partial charge in [0.05, 0.1) is 6.10 Å². The second kappa shape index (κ2) is 7.83. The Bertz CT molecular complexity index is 481. The predicted octanol–water partition coefficient (Wildman–Crippen LogP) is 3.49. The van der Waals surface area contributed by atoms with Crippen molar-refractivity contribution in [3.63, 3.8) is 0 Å². The highest BCUT2D eigenvalue weighted by molar-refractivity contribution is 5.18. The van der Waals surface area contributed by atoms with Crippen molar-refractivity contribution in [2.75, 3.05) is 0 Å². The molecule has 0 spiro atoms. The van der Waals surface area contributed by atoms with Crippen molar-refractivity contribution < 1.29 is 10.2 Å². The summed E-state index contributed by atoms with van der Waals surface area (Å²) >= 11 is 0. The summed E-state index contributed by atoms with van der Waals surface area (Å²) < 4.78 is 0. The van der Waals surface area contributed by atoms with Crippen LogP contribution in [0.4, 0.5) is 0 Å². The summed E-state index contributed by atoms with van der Waals surface area (Å²) in [6.45, 7) is 0. The summed E-state index contributed by atoms with van der Waals surface area (Å²) in [5, 5.41) is 20.1. The van der Waals surface area contributed by atoms with E-state index < -0.39 is 12.2 Å². The molecule has 0 aliphatic heterocycles. The average molecular weight is 270 g/mol. The first-order valence-electron chi connectivity index (χ1n) is 7.22. The van der Waals surface area contributed by atoms with Crippen molar-refractivity contribution in [2.24, 2.45) is 0 Å². The molecule has 0 heterocycles. The smallest absolute Gasteiger partial charge is 0.105 e. The topological polar surface area (TPSA) is 40.5 Å². The second-order valence-corrected chi connectivity index (χ2v) is 5.15. The summed E-state index contributed by atoms with van der Waals surface area (Å²) in [5.41, 5.74) is 2.11. The highest BCUT2D eigenvalue weighted by atomic mass is 16.3. The number of unbranched alkanes of at least 4 members (excludes halogenated alkanes) is 1. The minimum atomic E-state index is -0.784. The van der Waals surface area contributed by atoms with Gasteiger partial charge in [0.25, 0.3) is 0 Å². The zero-order valence-corrected chi connectivity index (χ0v) is 11.7. The van der Waals surface area contributed by atoms with E-state index in [4.69, 9.17) is 0 Å². The van der Waals surface area contributed by atoms with Gasteiger partial charge in [-0.1, -0.05) is 67.1 Å². The van der Waals surface area contributed by atoms with Crippen molar-refractivity contribution in [1.82, 2.24) is 0 Å². The Morgan fingerprint density at radius 3 is 2.00 bits per heavy atom. The van der Waals surface area contributed by atoms with Gasteiger partial charge < -0.3 is 10.2 Å². The Morgan fingerprint density at radius 1 is 0.750 bits per heavy atom. The molecule has 2 nitrogen and oxygen atoms in total. The minimum Gasteiger partial charge on any atom is -0.390 e. The van der Waals surface area contributed by atoms with Crippen LogP contribution in [0.1, 0.15) is 36.5 Å². The molecule has 0 bridgehead atoms. The first-order valence-corrected chi connectivity index (χ1v) is 7.22. The molecule has 2 atom stereocenters. The van der Waals surface area contributed by atoms with Gasteiger partial charge in [-0.25, -0.2) is 0 Å². The lowest BCUT2D eigenvalue weighted by Gasteiger charge is -2.18. The fourth-order valence-electron chi connectivity index (χ4n) is 2.36. The number of rotatable bonds is 7. The first kappa shape index (κ1) is 14.8. The van der Waals surface area contributed by atoms with Crippen LogP contribution in [0.5, 0.6) is 0 Å². The van der Waals surface area contributed by atoms with E-state index in [0.717, 1.165) is 24.8 Å². The maximum absolute atomic E-state index is 10.1. The van der Waals surface area contributed by atoms with Crippen LogP contribution in [-0.4, -0.2) is 16.3 Å². The summed E-state index contributed by atoms with van der Waals surface area (Å²) in [5.74, 6) is 0. The van der Waals surface area contributed by atoms with E-state index in [9.17, 15) is 10.2 Å². The number of benzene rings is 2. The van der Waals surface area contributed by atoms with Crippen LogP contribution < -0.4 is 0 Å². The molecule has 0 saturated heterocycles. The molecule has 20 heavy (non-hydrogen) atoms. The second-order valence-electron chi connectivity index (χ2n) is 5.15. The highest BCUT2D eigenvalue weighted by Gasteiger charge is 2.17. The van der Waals surface area contributed by atoms with Crippen molar-refractivity contribution in [2.45, 2.75) is 37.9 Å². The van der Waals surface area contributed by atoms with Gasteiger partial charge in [0.1, 0.15) is 6.10 Å². The molecular weight excluding hydrogens is 248 g/mol. The molecule has 0 fully saturated rings. The highest BCUT2D eigenvalue weighted by Crippen LogP contribution is 2.20. The SMILES string of the molecule is OC(CCCCc1ccccc1)C(O)c1ccccc1. The molecule has 2 unspecified atom stereocenters. The van der Waals surface area contributed by atoms with E-state index in [1.165, 1.54) is 5.56 Å². The summed E-state index contributed by atoms with van der Waals surface area (Å²) in [4.78, 5) is 0. The molecule has 2 heteroatoms. The van der Waals surface area contributed by atoms with E-state index in [1.54, 1.807) is 0 Å². The van der Waals surface area contributed by atoms with Gasteiger partial charge in [0.15, 0.2) is 0 Å². The Morgan fingerprint density at radius 2 is 1.35 bits per heavy atom. The van der Waals surface area contributed by atoms with Gasteiger partial charge in [0.2, 0.25) is 0 Å². The molecule has 2 aromatic carbocycles. The maximum Gasteiger partial charge on any atom is 0.105 e. The van der Waals surface area contributed by atoms with Gasteiger partial charge >= 0.3 is 0 Å². The van der Waals surface area contributed by atoms with E-state index in [1.807, 2.05) is 48.5 Å². The van der Waals surface area contributed by atoms with Crippen molar-refractivity contribution in [3.05, 3.63) is 71.8 Å². The van der Waals surface area contributed by atoms with Crippen LogP contribution in [0.15, 0.2) is 60.7 Å². The van der Waals surface area contributed by atoms with Gasteiger partial charge in [-0.2, -0.15) is 0 Å². The lowest BCUT2D eigenvalue weighted by Crippen LogP contribution is -2.18. The molecule has 0 radical (unpaired) electrons. The molecule has 2 rings (SSSR count). The van der Waals surface area contributed by atoms with Gasteiger partial charge in [0, 0.05) is 0 Å². The van der Waals surface area contributed by atoms with Gasteiger partial charge in [-0.05, 0) is 30.4 Å². The van der Waals surface area contributed by atoms with E-state index in [0.29, 0.717) is 6.42 Å². The molecule has 2 N–H and O–H groups in total. The van der Waals surface area contributed by atoms with Crippen LogP contribution in [-0.2, 0) is 6.42 Å². The predicted molar refractivity (Wildman–Crippen MR) is 81.4 cm³/mol. The fraction of sp³-hybridized carbons (Fsp3) is 0.333. The first-order chi connectivity index (χ1) is 9.77. The summed E-state index contributed by atoms with van der Waals surface area (Å²) in [6, 6.07) is 19.7. The number of hydrogen-bond acceptors (Lipinski definition) is 2. The number of aryl methyl sites for hydroxylation is 1. The van der Waals surface area contributed by atoms with Crippen molar-refractivity contribution >= 4 is 0 Å². The zero-order valence-electron chi connectivity index (χ0n) is 11.7. The van der Waals surface area contributed by atoms with Crippen molar-refractivity contribution in [3.8, 4) is 0 Å².